The molecule has 0 aromatic carbocycles. The van der Waals surface area contributed by atoms with E-state index in [4.69, 9.17) is 11.5 Å². The molecule has 14 nitrogen and oxygen atoms in total. The SMILES string of the molecule is NC1=CC(CC2(S(=O)(=O)O)C=C(N)C=CC2S(=O)(=O)O)(S(=O)(=O)[O-])C(S(=O)(=O)[O-])C=C1.[Na+].[Na+]. The molecule has 0 aromatic heterocycles. The van der Waals surface area contributed by atoms with E-state index >= 15 is 0 Å². The number of hydrogen-bond acceptors (Lipinski definition) is 12. The van der Waals surface area contributed by atoms with Crippen LogP contribution in [0.1, 0.15) is 6.42 Å². The van der Waals surface area contributed by atoms with Crippen LogP contribution in [-0.4, -0.2) is 71.9 Å². The third-order valence-corrected chi connectivity index (χ3v) is 10.5. The minimum atomic E-state index is -6.02. The van der Waals surface area contributed by atoms with Crippen molar-refractivity contribution >= 4 is 40.5 Å². The Labute approximate surface area is 234 Å². The van der Waals surface area contributed by atoms with Crippen molar-refractivity contribution in [3.05, 3.63) is 47.9 Å². The molecule has 6 N–H and O–H groups in total. The molecular weight excluding hydrogens is 550 g/mol. The van der Waals surface area contributed by atoms with Gasteiger partial charge >= 0.3 is 59.1 Å². The van der Waals surface area contributed by atoms with Crippen molar-refractivity contribution in [1.82, 2.24) is 0 Å². The van der Waals surface area contributed by atoms with Gasteiger partial charge in [0, 0.05) is 11.4 Å². The van der Waals surface area contributed by atoms with Crippen LogP contribution in [0.25, 0.3) is 0 Å². The Morgan fingerprint density at radius 1 is 0.788 bits per heavy atom. The quantitative estimate of drug-likeness (QED) is 0.172. The van der Waals surface area contributed by atoms with Crippen molar-refractivity contribution in [2.75, 3.05) is 0 Å². The first kappa shape index (κ1) is 33.2. The van der Waals surface area contributed by atoms with Crippen LogP contribution in [-0.2, 0) is 40.5 Å². The molecule has 0 heterocycles. The van der Waals surface area contributed by atoms with E-state index in [9.17, 15) is 51.9 Å². The minimum Gasteiger partial charge on any atom is -0.747 e. The Morgan fingerprint density at radius 2 is 1.18 bits per heavy atom. The van der Waals surface area contributed by atoms with Crippen molar-refractivity contribution in [3.63, 3.8) is 0 Å². The van der Waals surface area contributed by atoms with Crippen molar-refractivity contribution in [3.8, 4) is 0 Å². The molecule has 2 aliphatic carbocycles. The molecular formula is C13H16N2Na2O12S4. The summed E-state index contributed by atoms with van der Waals surface area (Å²) in [7, 11) is -23.0. The molecule has 0 spiro atoms. The van der Waals surface area contributed by atoms with Crippen LogP contribution in [0.3, 0.4) is 0 Å². The molecule has 0 radical (unpaired) electrons. The van der Waals surface area contributed by atoms with E-state index in [1.165, 1.54) is 0 Å². The van der Waals surface area contributed by atoms with Crippen LogP contribution in [0.4, 0.5) is 0 Å². The Morgan fingerprint density at radius 3 is 1.52 bits per heavy atom. The van der Waals surface area contributed by atoms with E-state index in [1.807, 2.05) is 0 Å². The maximum atomic E-state index is 12.3. The molecule has 0 amide bonds. The van der Waals surface area contributed by atoms with Gasteiger partial charge in [0.05, 0.1) is 5.25 Å². The second-order valence-corrected chi connectivity index (χ2v) is 13.3. The fourth-order valence-corrected chi connectivity index (χ4v) is 9.10. The fourth-order valence-electron chi connectivity index (χ4n) is 3.59. The molecule has 0 saturated heterocycles. The Balaban J connectivity index is 0.00000512. The molecule has 0 aromatic rings. The van der Waals surface area contributed by atoms with Gasteiger partial charge in [-0.15, -0.1) is 0 Å². The third kappa shape index (κ3) is 6.31. The zero-order chi connectivity index (χ0) is 24.3. The zero-order valence-electron chi connectivity index (χ0n) is 17.1. The van der Waals surface area contributed by atoms with Crippen LogP contribution in [0.15, 0.2) is 47.9 Å². The third-order valence-electron chi connectivity index (χ3n) is 4.84. The summed E-state index contributed by atoms with van der Waals surface area (Å²) in [6, 6.07) is 0. The van der Waals surface area contributed by atoms with E-state index in [0.717, 1.165) is 12.2 Å². The van der Waals surface area contributed by atoms with Gasteiger partial charge in [-0.05, 0) is 30.7 Å². The van der Waals surface area contributed by atoms with Gasteiger partial charge in [0.2, 0.25) is 0 Å². The Hall–Kier alpha value is 0.200. The summed E-state index contributed by atoms with van der Waals surface area (Å²) in [6.45, 7) is 0. The largest absolute Gasteiger partial charge is 1.00 e. The molecule has 176 valence electrons. The maximum absolute atomic E-state index is 12.3. The number of allylic oxidation sites excluding steroid dienone is 2. The van der Waals surface area contributed by atoms with Crippen molar-refractivity contribution in [1.29, 1.82) is 0 Å². The molecule has 20 heteroatoms. The average Bonchev–Trinajstić information content (AvgIpc) is 2.50. The first-order valence-corrected chi connectivity index (χ1v) is 13.7. The van der Waals surface area contributed by atoms with Gasteiger partial charge in [0.15, 0.2) is 0 Å². The van der Waals surface area contributed by atoms with E-state index in [-0.39, 0.29) is 65.2 Å². The van der Waals surface area contributed by atoms with Crippen LogP contribution in [0.5, 0.6) is 0 Å². The number of nitrogens with two attached hydrogens (primary N) is 2. The summed E-state index contributed by atoms with van der Waals surface area (Å²) in [5.74, 6) is 0. The maximum Gasteiger partial charge on any atom is 1.00 e. The van der Waals surface area contributed by atoms with Crippen LogP contribution in [0, 0.1) is 0 Å². The summed E-state index contributed by atoms with van der Waals surface area (Å²) in [5, 5.41) is -5.41. The van der Waals surface area contributed by atoms with Gasteiger partial charge < -0.3 is 20.6 Å². The topological polar surface area (TPSA) is 275 Å². The molecule has 33 heavy (non-hydrogen) atoms. The second-order valence-electron chi connectivity index (χ2n) is 6.87. The first-order valence-electron chi connectivity index (χ1n) is 7.84. The van der Waals surface area contributed by atoms with Gasteiger partial charge in [-0.2, -0.15) is 16.8 Å². The zero-order valence-corrected chi connectivity index (χ0v) is 24.4. The standard InChI is InChI=1S/C13H18N2O12S4.2Na/c14-8-1-3-10(28(16,17)18)12(5-8,30(22,23)24)7-13(31(25,26)27)6-9(15)2-4-11(13)29(19,20)21;;/h1-6,10-11H,7,14-15H2,(H,16,17,18)(H,19,20,21)(H,22,23,24)(H,25,26,27);;/q;2*+1/p-2. The number of hydrogen-bond donors (Lipinski definition) is 4. The summed E-state index contributed by atoms with van der Waals surface area (Å²) < 4.78 is 133. The Bertz CT molecular complexity index is 1250. The normalized spacial score (nSPS) is 30.4. The van der Waals surface area contributed by atoms with Gasteiger partial charge in [0.1, 0.15) is 35.0 Å². The molecule has 4 atom stereocenters. The summed E-state index contributed by atoms with van der Waals surface area (Å²) in [4.78, 5) is 0. The van der Waals surface area contributed by atoms with Crippen molar-refractivity contribution < 1.29 is 111 Å². The van der Waals surface area contributed by atoms with E-state index < -0.39 is 78.3 Å². The summed E-state index contributed by atoms with van der Waals surface area (Å²) in [5.41, 5.74) is 9.79. The van der Waals surface area contributed by atoms with Gasteiger partial charge in [0.25, 0.3) is 20.2 Å². The average molecular weight is 567 g/mol. The molecule has 2 aliphatic rings. The molecule has 0 fully saturated rings. The molecule has 0 saturated carbocycles. The monoisotopic (exact) mass is 566 g/mol. The summed E-state index contributed by atoms with van der Waals surface area (Å²) in [6.07, 6.45) is 1.20. The first-order chi connectivity index (χ1) is 13.7. The molecule has 0 bridgehead atoms. The van der Waals surface area contributed by atoms with Crippen LogP contribution >= 0.6 is 0 Å². The van der Waals surface area contributed by atoms with Crippen molar-refractivity contribution in [2.45, 2.75) is 26.4 Å². The molecule has 0 aliphatic heterocycles. The second kappa shape index (κ2) is 10.3. The van der Waals surface area contributed by atoms with E-state index in [0.29, 0.717) is 18.2 Å². The molecule has 2 rings (SSSR count). The Kier molecular flexibility index (Phi) is 10.3. The summed E-state index contributed by atoms with van der Waals surface area (Å²) >= 11 is 0. The number of rotatable bonds is 6. The van der Waals surface area contributed by atoms with E-state index in [1.54, 1.807) is 0 Å². The van der Waals surface area contributed by atoms with Gasteiger partial charge in [-0.25, -0.2) is 16.8 Å². The predicted octanol–water partition coefficient (Wildman–Crippen LogP) is -8.71. The van der Waals surface area contributed by atoms with Gasteiger partial charge in [-0.1, -0.05) is 12.2 Å². The smallest absolute Gasteiger partial charge is 0.747 e. The minimum absolute atomic E-state index is 0. The van der Waals surface area contributed by atoms with Crippen molar-refractivity contribution in [2.24, 2.45) is 11.5 Å². The van der Waals surface area contributed by atoms with Gasteiger partial charge in [-0.3, -0.25) is 9.11 Å². The van der Waals surface area contributed by atoms with Crippen LogP contribution < -0.4 is 70.6 Å². The fraction of sp³-hybridized carbons (Fsp3) is 0.385. The van der Waals surface area contributed by atoms with Crippen LogP contribution in [0.2, 0.25) is 0 Å². The van der Waals surface area contributed by atoms with E-state index in [2.05, 4.69) is 0 Å². The molecule has 4 unspecified atom stereocenters. The predicted molar refractivity (Wildman–Crippen MR) is 103 cm³/mol.